The van der Waals surface area contributed by atoms with Crippen LogP contribution in [-0.4, -0.2) is 31.5 Å². The Morgan fingerprint density at radius 1 is 1.04 bits per heavy atom. The van der Waals surface area contributed by atoms with E-state index in [2.05, 4.69) is 38.6 Å². The van der Waals surface area contributed by atoms with Crippen molar-refractivity contribution in [3.8, 4) is 11.3 Å². The zero-order valence-electron chi connectivity index (χ0n) is 13.9. The standard InChI is InChI=1S/C19H18N6/c1-14-6-8-21-19(12-14)22-10-11-25-13-18(23-24-25)16-7-9-20-17-5-3-2-4-15(16)17/h2-9,12-13H,10-11H2,1H3,(H,21,22). The van der Waals surface area contributed by atoms with Gasteiger partial charge in [-0.3, -0.25) is 9.67 Å². The highest BCUT2D eigenvalue weighted by Crippen LogP contribution is 2.25. The van der Waals surface area contributed by atoms with Crippen molar-refractivity contribution in [1.29, 1.82) is 0 Å². The summed E-state index contributed by atoms with van der Waals surface area (Å²) in [6.45, 7) is 3.50. The number of pyridine rings is 2. The molecule has 0 aliphatic heterocycles. The van der Waals surface area contributed by atoms with Crippen molar-refractivity contribution in [2.24, 2.45) is 0 Å². The van der Waals surface area contributed by atoms with Crippen molar-refractivity contribution in [2.45, 2.75) is 13.5 Å². The monoisotopic (exact) mass is 330 g/mol. The summed E-state index contributed by atoms with van der Waals surface area (Å²) >= 11 is 0. The fourth-order valence-electron chi connectivity index (χ4n) is 2.78. The van der Waals surface area contributed by atoms with Gasteiger partial charge in [-0.2, -0.15) is 0 Å². The minimum Gasteiger partial charge on any atom is -0.368 e. The van der Waals surface area contributed by atoms with E-state index in [1.54, 1.807) is 6.20 Å². The number of nitrogens with one attached hydrogen (secondary N) is 1. The van der Waals surface area contributed by atoms with Gasteiger partial charge in [0.05, 0.1) is 18.3 Å². The van der Waals surface area contributed by atoms with E-state index in [0.29, 0.717) is 6.54 Å². The van der Waals surface area contributed by atoms with Gasteiger partial charge in [0.1, 0.15) is 11.5 Å². The molecule has 4 rings (SSSR count). The van der Waals surface area contributed by atoms with Crippen LogP contribution in [0.4, 0.5) is 5.82 Å². The molecule has 1 N–H and O–H groups in total. The molecule has 3 heterocycles. The molecule has 124 valence electrons. The first-order valence-corrected chi connectivity index (χ1v) is 8.20. The molecule has 3 aromatic heterocycles. The average Bonchev–Trinajstić information content (AvgIpc) is 3.10. The summed E-state index contributed by atoms with van der Waals surface area (Å²) in [6, 6.07) is 14.0. The van der Waals surface area contributed by atoms with Crippen LogP contribution in [0.3, 0.4) is 0 Å². The minimum atomic E-state index is 0.714. The number of fused-ring (bicyclic) bond motifs is 1. The molecule has 0 amide bonds. The second-order valence-electron chi connectivity index (χ2n) is 5.89. The number of aromatic nitrogens is 5. The quantitative estimate of drug-likeness (QED) is 0.608. The Bertz CT molecular complexity index is 1000. The number of hydrogen-bond acceptors (Lipinski definition) is 5. The molecule has 25 heavy (non-hydrogen) atoms. The van der Waals surface area contributed by atoms with Crippen LogP contribution >= 0.6 is 0 Å². The summed E-state index contributed by atoms with van der Waals surface area (Å²) in [4.78, 5) is 8.69. The molecule has 0 saturated heterocycles. The number of rotatable bonds is 5. The van der Waals surface area contributed by atoms with Crippen molar-refractivity contribution in [3.05, 3.63) is 66.6 Å². The predicted molar refractivity (Wildman–Crippen MR) is 98.2 cm³/mol. The minimum absolute atomic E-state index is 0.714. The lowest BCUT2D eigenvalue weighted by Gasteiger charge is -2.05. The Hall–Kier alpha value is -3.28. The molecule has 0 fully saturated rings. The SMILES string of the molecule is Cc1ccnc(NCCn2cc(-c3ccnc4ccccc34)nn2)c1. The van der Waals surface area contributed by atoms with Crippen LogP contribution in [0.25, 0.3) is 22.2 Å². The Morgan fingerprint density at radius 3 is 2.84 bits per heavy atom. The van der Waals surface area contributed by atoms with Crippen LogP contribution in [-0.2, 0) is 6.54 Å². The molecular formula is C19H18N6. The molecule has 6 nitrogen and oxygen atoms in total. The third kappa shape index (κ3) is 3.33. The Labute approximate surface area is 145 Å². The van der Waals surface area contributed by atoms with E-state index in [0.717, 1.165) is 34.5 Å². The molecule has 0 bridgehead atoms. The van der Waals surface area contributed by atoms with E-state index in [-0.39, 0.29) is 0 Å². The lowest BCUT2D eigenvalue weighted by molar-refractivity contribution is 0.608. The summed E-state index contributed by atoms with van der Waals surface area (Å²) in [7, 11) is 0. The van der Waals surface area contributed by atoms with Gasteiger partial charge in [-0.05, 0) is 36.8 Å². The van der Waals surface area contributed by atoms with E-state index < -0.39 is 0 Å². The van der Waals surface area contributed by atoms with Crippen LogP contribution in [0.15, 0.2) is 61.1 Å². The third-order valence-corrected chi connectivity index (χ3v) is 4.03. The number of hydrogen-bond donors (Lipinski definition) is 1. The van der Waals surface area contributed by atoms with Crippen molar-refractivity contribution in [3.63, 3.8) is 0 Å². The third-order valence-electron chi connectivity index (χ3n) is 4.03. The van der Waals surface area contributed by atoms with Gasteiger partial charge in [-0.1, -0.05) is 23.4 Å². The second-order valence-corrected chi connectivity index (χ2v) is 5.89. The molecule has 0 unspecified atom stereocenters. The molecule has 0 atom stereocenters. The largest absolute Gasteiger partial charge is 0.368 e. The van der Waals surface area contributed by atoms with E-state index in [1.165, 1.54) is 5.56 Å². The number of para-hydroxylation sites is 1. The first kappa shape index (κ1) is 15.3. The fraction of sp³-hybridized carbons (Fsp3) is 0.158. The van der Waals surface area contributed by atoms with Crippen LogP contribution in [0.1, 0.15) is 5.56 Å². The Balaban J connectivity index is 1.48. The Morgan fingerprint density at radius 2 is 1.92 bits per heavy atom. The molecule has 0 radical (unpaired) electrons. The number of aryl methyl sites for hydroxylation is 1. The highest BCUT2D eigenvalue weighted by molar-refractivity contribution is 5.92. The normalized spacial score (nSPS) is 10.9. The first-order valence-electron chi connectivity index (χ1n) is 8.20. The maximum Gasteiger partial charge on any atom is 0.126 e. The average molecular weight is 330 g/mol. The second kappa shape index (κ2) is 6.68. The highest BCUT2D eigenvalue weighted by Gasteiger charge is 2.08. The number of nitrogens with zero attached hydrogens (tertiary/aromatic N) is 5. The smallest absolute Gasteiger partial charge is 0.126 e. The van der Waals surface area contributed by atoms with Crippen LogP contribution in [0.5, 0.6) is 0 Å². The molecule has 0 aliphatic rings. The van der Waals surface area contributed by atoms with Gasteiger partial charge in [0.2, 0.25) is 0 Å². The van der Waals surface area contributed by atoms with Gasteiger partial charge in [0, 0.05) is 29.9 Å². The molecule has 0 spiro atoms. The highest BCUT2D eigenvalue weighted by atomic mass is 15.4. The van der Waals surface area contributed by atoms with Crippen molar-refractivity contribution in [2.75, 3.05) is 11.9 Å². The maximum atomic E-state index is 4.39. The fourth-order valence-corrected chi connectivity index (χ4v) is 2.78. The zero-order chi connectivity index (χ0) is 17.1. The molecular weight excluding hydrogens is 312 g/mol. The maximum absolute atomic E-state index is 4.39. The zero-order valence-corrected chi connectivity index (χ0v) is 13.9. The predicted octanol–water partition coefficient (Wildman–Crippen LogP) is 3.31. The number of benzene rings is 1. The topological polar surface area (TPSA) is 68.5 Å². The van der Waals surface area contributed by atoms with E-state index in [1.807, 2.05) is 53.5 Å². The summed E-state index contributed by atoms with van der Waals surface area (Å²) < 4.78 is 1.84. The van der Waals surface area contributed by atoms with E-state index in [4.69, 9.17) is 0 Å². The summed E-state index contributed by atoms with van der Waals surface area (Å²) in [5.74, 6) is 0.875. The molecule has 4 aromatic rings. The van der Waals surface area contributed by atoms with Crippen LogP contribution in [0.2, 0.25) is 0 Å². The molecule has 6 heteroatoms. The van der Waals surface area contributed by atoms with Crippen LogP contribution < -0.4 is 5.32 Å². The summed E-state index contributed by atoms with van der Waals surface area (Å²) in [5, 5.41) is 12.9. The van der Waals surface area contributed by atoms with Gasteiger partial charge in [0.15, 0.2) is 0 Å². The van der Waals surface area contributed by atoms with Crippen molar-refractivity contribution < 1.29 is 0 Å². The van der Waals surface area contributed by atoms with Crippen molar-refractivity contribution >= 4 is 16.7 Å². The van der Waals surface area contributed by atoms with Gasteiger partial charge in [-0.15, -0.1) is 5.10 Å². The lowest BCUT2D eigenvalue weighted by atomic mass is 10.1. The van der Waals surface area contributed by atoms with Gasteiger partial charge < -0.3 is 5.32 Å². The van der Waals surface area contributed by atoms with E-state index >= 15 is 0 Å². The van der Waals surface area contributed by atoms with Crippen molar-refractivity contribution in [1.82, 2.24) is 25.0 Å². The molecule has 1 aromatic carbocycles. The lowest BCUT2D eigenvalue weighted by Crippen LogP contribution is -2.11. The molecule has 0 aliphatic carbocycles. The first-order chi connectivity index (χ1) is 12.3. The summed E-state index contributed by atoms with van der Waals surface area (Å²) in [6.07, 6.45) is 5.58. The molecule has 0 saturated carbocycles. The van der Waals surface area contributed by atoms with E-state index in [9.17, 15) is 0 Å². The van der Waals surface area contributed by atoms with Crippen LogP contribution in [0, 0.1) is 6.92 Å². The summed E-state index contributed by atoms with van der Waals surface area (Å²) in [5.41, 5.74) is 4.05. The number of anilines is 1. The Kier molecular flexibility index (Phi) is 4.08. The van der Waals surface area contributed by atoms with Gasteiger partial charge in [-0.25, -0.2) is 4.98 Å². The van der Waals surface area contributed by atoms with Gasteiger partial charge in [0.25, 0.3) is 0 Å². The van der Waals surface area contributed by atoms with Gasteiger partial charge >= 0.3 is 0 Å².